The molecule has 0 saturated carbocycles. The summed E-state index contributed by atoms with van der Waals surface area (Å²) in [5.41, 5.74) is 2.74. The summed E-state index contributed by atoms with van der Waals surface area (Å²) in [4.78, 5) is 7.75. The molecule has 2 aromatic rings. The van der Waals surface area contributed by atoms with Crippen LogP contribution >= 0.6 is 0 Å². The maximum Gasteiger partial charge on any atom is 0.448 e. The minimum atomic E-state index is -4.57. The molecule has 0 spiro atoms. The molecule has 2 aliphatic rings. The van der Waals surface area contributed by atoms with Gasteiger partial charge in [0.05, 0.1) is 5.69 Å². The topological polar surface area (TPSA) is 37.3 Å². The summed E-state index contributed by atoms with van der Waals surface area (Å²) >= 11 is 0. The summed E-state index contributed by atoms with van der Waals surface area (Å²) in [5.74, 6) is 0.390. The zero-order chi connectivity index (χ0) is 20.4. The summed E-state index contributed by atoms with van der Waals surface area (Å²) in [6.45, 7) is 4.47. The molecule has 2 aliphatic heterocycles. The molecule has 0 aromatic heterocycles. The number of hydrogen-bond acceptors (Lipinski definition) is 5. The van der Waals surface area contributed by atoms with Crippen molar-refractivity contribution in [2.75, 3.05) is 18.0 Å². The smallest absolute Gasteiger partial charge is 0.448 e. The fourth-order valence-corrected chi connectivity index (χ4v) is 3.59. The van der Waals surface area contributed by atoms with Crippen LogP contribution in [0.2, 0.25) is 0 Å². The molecule has 1 saturated heterocycles. The first kappa shape index (κ1) is 19.6. The molecule has 5 nitrogen and oxygen atoms in total. The molecule has 0 radical (unpaired) electrons. The molecule has 0 N–H and O–H groups in total. The SMILES string of the molecule is Cc1ccc(CN2CCC(Oc3ccccc3N3C=NOC3C(F)(F)F)C2)cc1. The maximum absolute atomic E-state index is 13.2. The number of aryl methyl sites for hydroxylation is 1. The fourth-order valence-electron chi connectivity index (χ4n) is 3.59. The lowest BCUT2D eigenvalue weighted by Gasteiger charge is -2.26. The lowest BCUT2D eigenvalue weighted by Crippen LogP contribution is -2.43. The van der Waals surface area contributed by atoms with Crippen molar-refractivity contribution in [2.24, 2.45) is 5.16 Å². The molecule has 2 unspecified atom stereocenters. The molecule has 154 valence electrons. The van der Waals surface area contributed by atoms with Gasteiger partial charge in [-0.1, -0.05) is 47.1 Å². The van der Waals surface area contributed by atoms with Gasteiger partial charge in [0.15, 0.2) is 0 Å². The molecular weight excluding hydrogens is 383 g/mol. The Hall–Kier alpha value is -2.74. The number of likely N-dealkylation sites (tertiary alicyclic amines) is 1. The predicted molar refractivity (Wildman–Crippen MR) is 104 cm³/mol. The van der Waals surface area contributed by atoms with Gasteiger partial charge in [0.2, 0.25) is 0 Å². The van der Waals surface area contributed by atoms with Crippen LogP contribution in [0.4, 0.5) is 18.9 Å². The van der Waals surface area contributed by atoms with Crippen LogP contribution in [-0.2, 0) is 11.4 Å². The van der Waals surface area contributed by atoms with Gasteiger partial charge in [0, 0.05) is 19.6 Å². The summed E-state index contributed by atoms with van der Waals surface area (Å²) in [7, 11) is 0. The summed E-state index contributed by atoms with van der Waals surface area (Å²) < 4.78 is 45.8. The molecule has 0 amide bonds. The van der Waals surface area contributed by atoms with Crippen LogP contribution in [0.25, 0.3) is 0 Å². The van der Waals surface area contributed by atoms with Crippen LogP contribution < -0.4 is 9.64 Å². The monoisotopic (exact) mass is 405 g/mol. The Morgan fingerprint density at radius 1 is 1.14 bits per heavy atom. The largest absolute Gasteiger partial charge is 0.487 e. The van der Waals surface area contributed by atoms with Gasteiger partial charge >= 0.3 is 12.4 Å². The Bertz CT molecular complexity index is 870. The van der Waals surface area contributed by atoms with Crippen molar-refractivity contribution in [3.63, 3.8) is 0 Å². The maximum atomic E-state index is 13.2. The van der Waals surface area contributed by atoms with Crippen LogP contribution in [0.15, 0.2) is 53.7 Å². The van der Waals surface area contributed by atoms with Gasteiger partial charge < -0.3 is 9.57 Å². The third-order valence-electron chi connectivity index (χ3n) is 5.06. The highest BCUT2D eigenvalue weighted by Crippen LogP contribution is 2.37. The van der Waals surface area contributed by atoms with E-state index in [0.717, 1.165) is 37.3 Å². The van der Waals surface area contributed by atoms with Gasteiger partial charge in [0.1, 0.15) is 18.2 Å². The molecule has 2 heterocycles. The number of ether oxygens (including phenoxy) is 1. The second-order valence-electron chi connectivity index (χ2n) is 7.34. The number of nitrogens with zero attached hydrogens (tertiary/aromatic N) is 3. The van der Waals surface area contributed by atoms with Crippen molar-refractivity contribution in [3.8, 4) is 5.75 Å². The lowest BCUT2D eigenvalue weighted by molar-refractivity contribution is -0.211. The van der Waals surface area contributed by atoms with Crippen LogP contribution in [0.1, 0.15) is 17.5 Å². The molecule has 0 aliphatic carbocycles. The average molecular weight is 405 g/mol. The van der Waals surface area contributed by atoms with Crippen LogP contribution in [0.3, 0.4) is 0 Å². The van der Waals surface area contributed by atoms with Crippen molar-refractivity contribution in [1.82, 2.24) is 4.90 Å². The van der Waals surface area contributed by atoms with Crippen LogP contribution in [-0.4, -0.2) is 42.8 Å². The molecule has 4 rings (SSSR count). The normalized spacial score (nSPS) is 22.1. The number of oxime groups is 1. The van der Waals surface area contributed by atoms with Crippen molar-refractivity contribution >= 4 is 12.0 Å². The summed E-state index contributed by atoms with van der Waals surface area (Å²) in [6, 6.07) is 15.1. The Labute approximate surface area is 167 Å². The quantitative estimate of drug-likeness (QED) is 0.743. The van der Waals surface area contributed by atoms with Gasteiger partial charge in [0.25, 0.3) is 0 Å². The van der Waals surface area contributed by atoms with Gasteiger partial charge in [-0.15, -0.1) is 0 Å². The molecule has 0 bridgehead atoms. The molecule has 2 aromatic carbocycles. The van der Waals surface area contributed by atoms with Gasteiger partial charge in [-0.25, -0.2) is 0 Å². The van der Waals surface area contributed by atoms with E-state index in [-0.39, 0.29) is 11.8 Å². The van der Waals surface area contributed by atoms with E-state index >= 15 is 0 Å². The number of benzene rings is 2. The van der Waals surface area contributed by atoms with E-state index in [1.165, 1.54) is 11.1 Å². The lowest BCUT2D eigenvalue weighted by atomic mass is 10.1. The van der Waals surface area contributed by atoms with E-state index in [1.807, 2.05) is 0 Å². The van der Waals surface area contributed by atoms with Crippen molar-refractivity contribution < 1.29 is 22.7 Å². The molecular formula is C21H22F3N3O2. The minimum absolute atomic E-state index is 0.0913. The van der Waals surface area contributed by atoms with E-state index in [1.54, 1.807) is 24.3 Å². The average Bonchev–Trinajstić information content (AvgIpc) is 3.34. The first-order valence-electron chi connectivity index (χ1n) is 9.48. The number of hydrogen-bond donors (Lipinski definition) is 0. The predicted octanol–water partition coefficient (Wildman–Crippen LogP) is 4.32. The Morgan fingerprint density at radius 3 is 2.66 bits per heavy atom. The van der Waals surface area contributed by atoms with E-state index in [9.17, 15) is 13.2 Å². The highest BCUT2D eigenvalue weighted by Gasteiger charge is 2.49. The molecule has 2 atom stereocenters. The number of para-hydroxylation sites is 2. The Kier molecular flexibility index (Phi) is 5.36. The number of halogens is 3. The van der Waals surface area contributed by atoms with E-state index in [0.29, 0.717) is 5.75 Å². The van der Waals surface area contributed by atoms with Crippen LogP contribution in [0.5, 0.6) is 5.75 Å². The fraction of sp³-hybridized carbons (Fsp3) is 0.381. The molecule has 29 heavy (non-hydrogen) atoms. The van der Waals surface area contributed by atoms with Crippen molar-refractivity contribution in [2.45, 2.75) is 38.4 Å². The first-order valence-corrected chi connectivity index (χ1v) is 9.48. The van der Waals surface area contributed by atoms with Gasteiger partial charge in [-0.05, 0) is 31.0 Å². The number of anilines is 1. The third-order valence-corrected chi connectivity index (χ3v) is 5.06. The van der Waals surface area contributed by atoms with Gasteiger partial charge in [-0.2, -0.15) is 13.2 Å². The second kappa shape index (κ2) is 7.94. The first-order chi connectivity index (χ1) is 13.9. The summed E-state index contributed by atoms with van der Waals surface area (Å²) in [5, 5.41) is 3.34. The zero-order valence-corrected chi connectivity index (χ0v) is 16.0. The molecule has 8 heteroatoms. The minimum Gasteiger partial charge on any atom is -0.487 e. The Morgan fingerprint density at radius 2 is 1.90 bits per heavy atom. The standard InChI is InChI=1S/C21H22F3N3O2/c1-15-6-8-16(9-7-15)12-26-11-10-17(13-26)28-19-5-3-2-4-18(19)27-14-25-29-20(27)21(22,23)24/h2-9,14,17,20H,10-13H2,1H3. The van der Waals surface area contributed by atoms with E-state index < -0.39 is 12.4 Å². The number of alkyl halides is 3. The highest BCUT2D eigenvalue weighted by atomic mass is 19.4. The second-order valence-corrected chi connectivity index (χ2v) is 7.34. The molecule has 1 fully saturated rings. The van der Waals surface area contributed by atoms with Crippen molar-refractivity contribution in [1.29, 1.82) is 0 Å². The van der Waals surface area contributed by atoms with E-state index in [2.05, 4.69) is 46.1 Å². The zero-order valence-electron chi connectivity index (χ0n) is 16.0. The Balaban J connectivity index is 1.43. The summed E-state index contributed by atoms with van der Waals surface area (Å²) in [6.07, 6.45) is -4.95. The number of rotatable bonds is 5. The van der Waals surface area contributed by atoms with E-state index in [4.69, 9.17) is 4.74 Å². The highest BCUT2D eigenvalue weighted by molar-refractivity contribution is 5.83. The third kappa shape index (κ3) is 4.48. The van der Waals surface area contributed by atoms with Crippen LogP contribution in [0, 0.1) is 6.92 Å². The van der Waals surface area contributed by atoms with Crippen molar-refractivity contribution in [3.05, 3.63) is 59.7 Å². The van der Waals surface area contributed by atoms with Gasteiger partial charge in [-0.3, -0.25) is 9.80 Å².